The quantitative estimate of drug-likeness (QED) is 0.812. The predicted octanol–water partition coefficient (Wildman–Crippen LogP) is 4.37. The lowest BCUT2D eigenvalue weighted by Gasteiger charge is -2.12. The van der Waals surface area contributed by atoms with Gasteiger partial charge in [0.2, 0.25) is 0 Å². The lowest BCUT2D eigenvalue weighted by molar-refractivity contribution is 0.554. The molecule has 0 saturated heterocycles. The number of pyridine rings is 2. The Balaban J connectivity index is 1.61. The van der Waals surface area contributed by atoms with Crippen LogP contribution in [0, 0.1) is 11.8 Å². The molecule has 21 heavy (non-hydrogen) atoms. The highest BCUT2D eigenvalue weighted by molar-refractivity contribution is 5.71. The molecule has 0 aliphatic heterocycles. The van der Waals surface area contributed by atoms with Crippen LogP contribution in [-0.2, 0) is 0 Å². The number of hydrogen-bond donors (Lipinski definition) is 0. The van der Waals surface area contributed by atoms with Crippen LogP contribution in [0.5, 0.6) is 0 Å². The molecule has 0 radical (unpaired) electrons. The Kier molecular flexibility index (Phi) is 3.15. The Labute approximate surface area is 125 Å². The summed E-state index contributed by atoms with van der Waals surface area (Å²) in [4.78, 5) is 9.03. The Morgan fingerprint density at radius 3 is 2.38 bits per heavy atom. The summed E-state index contributed by atoms with van der Waals surface area (Å²) in [5.41, 5.74) is 5.13. The maximum atomic E-state index is 4.53. The summed E-state index contributed by atoms with van der Waals surface area (Å²) in [6, 6.07) is 12.4. The first-order valence-corrected chi connectivity index (χ1v) is 7.64. The molecule has 0 aromatic carbocycles. The summed E-state index contributed by atoms with van der Waals surface area (Å²) in [6.45, 7) is 0. The second kappa shape index (κ2) is 5.28. The van der Waals surface area contributed by atoms with E-state index in [0.29, 0.717) is 11.8 Å². The van der Waals surface area contributed by atoms with Gasteiger partial charge in [0, 0.05) is 12.4 Å². The van der Waals surface area contributed by atoms with Crippen LogP contribution >= 0.6 is 0 Å². The van der Waals surface area contributed by atoms with Crippen molar-refractivity contribution in [3.8, 4) is 0 Å². The molecule has 4 rings (SSSR count). The van der Waals surface area contributed by atoms with Crippen molar-refractivity contribution >= 4 is 11.1 Å². The van der Waals surface area contributed by atoms with Crippen molar-refractivity contribution in [3.63, 3.8) is 0 Å². The number of hydrogen-bond acceptors (Lipinski definition) is 2. The van der Waals surface area contributed by atoms with Gasteiger partial charge < -0.3 is 0 Å². The molecule has 2 bridgehead atoms. The van der Waals surface area contributed by atoms with Crippen LogP contribution in [0.15, 0.2) is 60.9 Å². The fraction of sp³-hybridized carbons (Fsp3) is 0.263. The largest absolute Gasteiger partial charge is 0.257 e. The monoisotopic (exact) mass is 274 g/mol. The Morgan fingerprint density at radius 2 is 1.67 bits per heavy atom. The van der Waals surface area contributed by atoms with Gasteiger partial charge in [-0.15, -0.1) is 0 Å². The molecule has 0 fully saturated rings. The van der Waals surface area contributed by atoms with E-state index >= 15 is 0 Å². The van der Waals surface area contributed by atoms with Crippen molar-refractivity contribution < 1.29 is 0 Å². The van der Waals surface area contributed by atoms with Gasteiger partial charge in [0.15, 0.2) is 0 Å². The van der Waals surface area contributed by atoms with E-state index in [4.69, 9.17) is 0 Å². The molecular weight excluding hydrogens is 256 g/mol. The van der Waals surface area contributed by atoms with Crippen LogP contribution in [0.1, 0.15) is 30.7 Å². The molecule has 0 unspecified atom stereocenters. The molecule has 0 N–H and O–H groups in total. The van der Waals surface area contributed by atoms with Crippen LogP contribution in [0.3, 0.4) is 0 Å². The zero-order chi connectivity index (χ0) is 14.1. The van der Waals surface area contributed by atoms with E-state index in [1.54, 1.807) is 0 Å². The van der Waals surface area contributed by atoms with E-state index in [-0.39, 0.29) is 0 Å². The van der Waals surface area contributed by atoms with Crippen molar-refractivity contribution in [2.45, 2.75) is 19.3 Å². The van der Waals surface area contributed by atoms with Gasteiger partial charge in [-0.1, -0.05) is 24.3 Å². The zero-order valence-corrected chi connectivity index (χ0v) is 11.9. The van der Waals surface area contributed by atoms with Gasteiger partial charge in [0.1, 0.15) is 0 Å². The van der Waals surface area contributed by atoms with Crippen LogP contribution in [0.2, 0.25) is 0 Å². The van der Waals surface area contributed by atoms with Gasteiger partial charge in [-0.25, -0.2) is 0 Å². The third-order valence-electron chi connectivity index (χ3n) is 4.53. The maximum Gasteiger partial charge on any atom is 0.0661 e. The van der Waals surface area contributed by atoms with E-state index in [9.17, 15) is 0 Å². The number of rotatable bonds is 2. The molecule has 0 amide bonds. The standard InChI is InChI=1S/C19H18N2/c1-3-9-20-18(5-1)16-8-7-15-11-14(12-16)13-17(15)19-6-2-4-10-21-19/h1-6,8-10,13-15H,7,11-12H2/t14-,15-/m0/s1. The summed E-state index contributed by atoms with van der Waals surface area (Å²) in [5.74, 6) is 1.24. The minimum absolute atomic E-state index is 0.617. The van der Waals surface area contributed by atoms with Crippen LogP contribution < -0.4 is 0 Å². The van der Waals surface area contributed by atoms with Gasteiger partial charge in [0.25, 0.3) is 0 Å². The van der Waals surface area contributed by atoms with Crippen molar-refractivity contribution in [3.05, 3.63) is 72.3 Å². The predicted molar refractivity (Wildman–Crippen MR) is 85.3 cm³/mol. The molecule has 0 saturated carbocycles. The zero-order valence-electron chi connectivity index (χ0n) is 11.9. The van der Waals surface area contributed by atoms with Crippen LogP contribution in [-0.4, -0.2) is 9.97 Å². The molecule has 0 spiro atoms. The van der Waals surface area contributed by atoms with Crippen molar-refractivity contribution in [2.24, 2.45) is 11.8 Å². The second-order valence-corrected chi connectivity index (χ2v) is 5.91. The molecule has 2 heteroatoms. The smallest absolute Gasteiger partial charge is 0.0661 e. The highest BCUT2D eigenvalue weighted by Crippen LogP contribution is 2.44. The molecule has 2 aliphatic carbocycles. The van der Waals surface area contributed by atoms with Crippen LogP contribution in [0.4, 0.5) is 0 Å². The lowest BCUT2D eigenvalue weighted by atomic mass is 9.94. The molecular formula is C19H18N2. The number of fused-ring (bicyclic) bond motifs is 2. The highest BCUT2D eigenvalue weighted by atomic mass is 14.7. The molecule has 2 atom stereocenters. The van der Waals surface area contributed by atoms with E-state index in [1.807, 2.05) is 24.5 Å². The molecule has 2 heterocycles. The van der Waals surface area contributed by atoms with Crippen LogP contribution in [0.25, 0.3) is 11.1 Å². The Morgan fingerprint density at radius 1 is 0.905 bits per heavy atom. The second-order valence-electron chi connectivity index (χ2n) is 5.91. The summed E-state index contributed by atoms with van der Waals surface area (Å²) in [6.07, 6.45) is 12.1. The molecule has 2 aromatic rings. The Bertz CT molecular complexity index is 686. The third kappa shape index (κ3) is 2.42. The first kappa shape index (κ1) is 12.5. The van der Waals surface area contributed by atoms with Gasteiger partial charge in [0.05, 0.1) is 11.4 Å². The summed E-state index contributed by atoms with van der Waals surface area (Å²) >= 11 is 0. The van der Waals surface area contributed by atoms with Crippen molar-refractivity contribution in [2.75, 3.05) is 0 Å². The average Bonchev–Trinajstić information content (AvgIpc) is 2.82. The summed E-state index contributed by atoms with van der Waals surface area (Å²) in [7, 11) is 0. The third-order valence-corrected chi connectivity index (χ3v) is 4.53. The first-order chi connectivity index (χ1) is 10.4. The number of aromatic nitrogens is 2. The fourth-order valence-corrected chi connectivity index (χ4v) is 3.56. The van der Waals surface area contributed by atoms with E-state index in [1.165, 1.54) is 17.6 Å². The van der Waals surface area contributed by atoms with Crippen molar-refractivity contribution in [1.29, 1.82) is 0 Å². The summed E-state index contributed by atoms with van der Waals surface area (Å²) < 4.78 is 0. The minimum atomic E-state index is 0.617. The highest BCUT2D eigenvalue weighted by Gasteiger charge is 2.30. The normalized spacial score (nSPS) is 24.2. The molecule has 2 nitrogen and oxygen atoms in total. The van der Waals surface area contributed by atoms with E-state index in [2.05, 4.69) is 46.4 Å². The maximum absolute atomic E-state index is 4.53. The van der Waals surface area contributed by atoms with E-state index < -0.39 is 0 Å². The fourth-order valence-electron chi connectivity index (χ4n) is 3.56. The van der Waals surface area contributed by atoms with Gasteiger partial charge in [-0.05, 0) is 66.5 Å². The van der Waals surface area contributed by atoms with Gasteiger partial charge >= 0.3 is 0 Å². The molecule has 2 aromatic heterocycles. The number of nitrogens with zero attached hydrogens (tertiary/aromatic N) is 2. The van der Waals surface area contributed by atoms with E-state index in [0.717, 1.165) is 24.2 Å². The Hall–Kier alpha value is -2.22. The summed E-state index contributed by atoms with van der Waals surface area (Å²) in [5, 5.41) is 0. The van der Waals surface area contributed by atoms with Gasteiger partial charge in [-0.3, -0.25) is 9.97 Å². The molecule has 104 valence electrons. The number of allylic oxidation sites excluding steroid dienone is 4. The molecule has 2 aliphatic rings. The minimum Gasteiger partial charge on any atom is -0.257 e. The average molecular weight is 274 g/mol. The van der Waals surface area contributed by atoms with Gasteiger partial charge in [-0.2, -0.15) is 0 Å². The van der Waals surface area contributed by atoms with Crippen molar-refractivity contribution in [1.82, 2.24) is 9.97 Å². The first-order valence-electron chi connectivity index (χ1n) is 7.64. The SMILES string of the molecule is C1=C(c2ccccn2)C[C@H]2C=C(c3ccccn3)[C@@H](C1)C2. The lowest BCUT2D eigenvalue weighted by Crippen LogP contribution is -1.99. The topological polar surface area (TPSA) is 25.8 Å².